The molecule has 1 aromatic rings. The van der Waals surface area contributed by atoms with Crippen LogP contribution >= 0.6 is 0 Å². The number of rotatable bonds is 7. The van der Waals surface area contributed by atoms with E-state index >= 15 is 0 Å². The second-order valence-corrected chi connectivity index (χ2v) is 5.69. The van der Waals surface area contributed by atoms with Crippen LogP contribution in [0.4, 0.5) is 0 Å². The van der Waals surface area contributed by atoms with Gasteiger partial charge in [-0.05, 0) is 50.9 Å². The summed E-state index contributed by atoms with van der Waals surface area (Å²) in [6.07, 6.45) is 4.81. The number of nitrogens with zero attached hydrogens (tertiary/aromatic N) is 1. The molecule has 1 saturated heterocycles. The normalized spacial score (nSPS) is 20.8. The average molecular weight is 276 g/mol. The highest BCUT2D eigenvalue weighted by atomic mass is 16.5. The Bertz CT molecular complexity index is 355. The third kappa shape index (κ3) is 5.61. The lowest BCUT2D eigenvalue weighted by Crippen LogP contribution is -2.39. The van der Waals surface area contributed by atoms with Crippen LogP contribution < -0.4 is 5.32 Å². The molecule has 1 atom stereocenters. The van der Waals surface area contributed by atoms with Gasteiger partial charge in [0.2, 0.25) is 0 Å². The minimum Gasteiger partial charge on any atom is -0.385 e. The molecule has 0 radical (unpaired) electrons. The summed E-state index contributed by atoms with van der Waals surface area (Å²) >= 11 is 0. The van der Waals surface area contributed by atoms with Crippen LogP contribution in [0.3, 0.4) is 0 Å². The quantitative estimate of drug-likeness (QED) is 0.774. The Morgan fingerprint density at radius 2 is 2.10 bits per heavy atom. The number of benzene rings is 1. The molecule has 20 heavy (non-hydrogen) atoms. The van der Waals surface area contributed by atoms with Crippen LogP contribution in [0.2, 0.25) is 0 Å². The highest BCUT2D eigenvalue weighted by Crippen LogP contribution is 2.09. The predicted molar refractivity (Wildman–Crippen MR) is 84.1 cm³/mol. The van der Waals surface area contributed by atoms with Gasteiger partial charge in [-0.15, -0.1) is 0 Å². The highest BCUT2D eigenvalue weighted by Gasteiger charge is 2.17. The maximum atomic E-state index is 5.13. The van der Waals surface area contributed by atoms with Gasteiger partial charge in [0.1, 0.15) is 0 Å². The standard InChI is InChI=1S/C17H28N2O/c1-20-13-6-5-11-19-12-7-10-18-17(15-19)14-16-8-3-2-4-9-16/h2-4,8-9,17-18H,5-7,10-15H2,1H3. The van der Waals surface area contributed by atoms with Gasteiger partial charge in [0, 0.05) is 26.3 Å². The lowest BCUT2D eigenvalue weighted by Gasteiger charge is -2.24. The van der Waals surface area contributed by atoms with E-state index in [2.05, 4.69) is 40.5 Å². The topological polar surface area (TPSA) is 24.5 Å². The van der Waals surface area contributed by atoms with Crippen LogP contribution in [0, 0.1) is 0 Å². The summed E-state index contributed by atoms with van der Waals surface area (Å²) in [5.41, 5.74) is 1.44. The first-order valence-corrected chi connectivity index (χ1v) is 7.87. The molecule has 2 rings (SSSR count). The maximum Gasteiger partial charge on any atom is 0.0462 e. The Balaban J connectivity index is 1.77. The van der Waals surface area contributed by atoms with Gasteiger partial charge in [-0.2, -0.15) is 0 Å². The number of unbranched alkanes of at least 4 members (excludes halogenated alkanes) is 1. The summed E-state index contributed by atoms with van der Waals surface area (Å²) in [5.74, 6) is 0. The molecule has 1 heterocycles. The minimum atomic E-state index is 0.585. The molecule has 0 aromatic heterocycles. The minimum absolute atomic E-state index is 0.585. The second kappa shape index (κ2) is 9.11. The smallest absolute Gasteiger partial charge is 0.0462 e. The molecule has 112 valence electrons. The molecule has 1 unspecified atom stereocenters. The van der Waals surface area contributed by atoms with E-state index in [9.17, 15) is 0 Å². The molecule has 0 saturated carbocycles. The molecule has 0 spiro atoms. The fourth-order valence-corrected chi connectivity index (χ4v) is 2.90. The molecule has 1 aromatic carbocycles. The van der Waals surface area contributed by atoms with Crippen molar-refractivity contribution in [1.82, 2.24) is 10.2 Å². The average Bonchev–Trinajstić information content (AvgIpc) is 2.70. The van der Waals surface area contributed by atoms with E-state index < -0.39 is 0 Å². The summed E-state index contributed by atoms with van der Waals surface area (Å²) < 4.78 is 5.13. The lowest BCUT2D eigenvalue weighted by molar-refractivity contribution is 0.183. The molecule has 0 amide bonds. The van der Waals surface area contributed by atoms with Gasteiger partial charge in [0.05, 0.1) is 0 Å². The van der Waals surface area contributed by atoms with Crippen LogP contribution in [-0.4, -0.2) is 50.8 Å². The molecular formula is C17H28N2O. The molecule has 1 aliphatic rings. The van der Waals surface area contributed by atoms with E-state index in [4.69, 9.17) is 4.74 Å². The monoisotopic (exact) mass is 276 g/mol. The lowest BCUT2D eigenvalue weighted by atomic mass is 10.1. The van der Waals surface area contributed by atoms with Gasteiger partial charge >= 0.3 is 0 Å². The molecule has 0 bridgehead atoms. The molecule has 1 N–H and O–H groups in total. The fraction of sp³-hybridized carbons (Fsp3) is 0.647. The first-order chi connectivity index (χ1) is 9.88. The third-order valence-corrected chi connectivity index (χ3v) is 3.96. The van der Waals surface area contributed by atoms with Crippen LogP contribution in [0.5, 0.6) is 0 Å². The van der Waals surface area contributed by atoms with Crippen molar-refractivity contribution in [1.29, 1.82) is 0 Å². The Morgan fingerprint density at radius 3 is 2.90 bits per heavy atom. The van der Waals surface area contributed by atoms with Crippen molar-refractivity contribution in [3.8, 4) is 0 Å². The largest absolute Gasteiger partial charge is 0.385 e. The van der Waals surface area contributed by atoms with Crippen molar-refractivity contribution in [2.75, 3.05) is 39.9 Å². The zero-order valence-electron chi connectivity index (χ0n) is 12.7. The number of hydrogen-bond donors (Lipinski definition) is 1. The van der Waals surface area contributed by atoms with Crippen molar-refractivity contribution >= 4 is 0 Å². The van der Waals surface area contributed by atoms with E-state index in [1.165, 1.54) is 44.5 Å². The summed E-state index contributed by atoms with van der Waals surface area (Å²) in [4.78, 5) is 2.61. The Labute approximate surface area is 123 Å². The van der Waals surface area contributed by atoms with E-state index in [0.717, 1.165) is 19.6 Å². The molecule has 3 nitrogen and oxygen atoms in total. The maximum absolute atomic E-state index is 5.13. The number of hydrogen-bond acceptors (Lipinski definition) is 3. The first kappa shape index (κ1) is 15.5. The van der Waals surface area contributed by atoms with Crippen molar-refractivity contribution in [2.24, 2.45) is 0 Å². The number of methoxy groups -OCH3 is 1. The van der Waals surface area contributed by atoms with Crippen molar-refractivity contribution in [2.45, 2.75) is 31.7 Å². The van der Waals surface area contributed by atoms with Crippen LogP contribution in [0.15, 0.2) is 30.3 Å². The number of ether oxygens (including phenoxy) is 1. The third-order valence-electron chi connectivity index (χ3n) is 3.96. The van der Waals surface area contributed by atoms with E-state index in [1.807, 2.05) is 0 Å². The van der Waals surface area contributed by atoms with E-state index in [0.29, 0.717) is 6.04 Å². The van der Waals surface area contributed by atoms with E-state index in [1.54, 1.807) is 7.11 Å². The van der Waals surface area contributed by atoms with Gasteiger partial charge in [-0.1, -0.05) is 30.3 Å². The van der Waals surface area contributed by atoms with Crippen molar-refractivity contribution in [3.63, 3.8) is 0 Å². The van der Waals surface area contributed by atoms with Crippen LogP contribution in [-0.2, 0) is 11.2 Å². The molecule has 1 fully saturated rings. The Kier molecular flexibility index (Phi) is 7.06. The van der Waals surface area contributed by atoms with Crippen LogP contribution in [0.25, 0.3) is 0 Å². The molecule has 1 aliphatic heterocycles. The van der Waals surface area contributed by atoms with Crippen molar-refractivity contribution < 1.29 is 4.74 Å². The Hall–Kier alpha value is -0.900. The highest BCUT2D eigenvalue weighted by molar-refractivity contribution is 5.16. The zero-order chi connectivity index (χ0) is 14.0. The van der Waals surface area contributed by atoms with Gasteiger partial charge in [0.15, 0.2) is 0 Å². The predicted octanol–water partition coefficient (Wildman–Crippen LogP) is 2.32. The summed E-state index contributed by atoms with van der Waals surface area (Å²) in [5, 5.41) is 3.70. The molecule has 0 aliphatic carbocycles. The van der Waals surface area contributed by atoms with Gasteiger partial charge in [-0.3, -0.25) is 0 Å². The van der Waals surface area contributed by atoms with E-state index in [-0.39, 0.29) is 0 Å². The summed E-state index contributed by atoms with van der Waals surface area (Å²) in [7, 11) is 1.78. The van der Waals surface area contributed by atoms with Crippen LogP contribution in [0.1, 0.15) is 24.8 Å². The molecular weight excluding hydrogens is 248 g/mol. The zero-order valence-corrected chi connectivity index (χ0v) is 12.7. The van der Waals surface area contributed by atoms with Gasteiger partial charge in [-0.25, -0.2) is 0 Å². The first-order valence-electron chi connectivity index (χ1n) is 7.87. The number of nitrogens with one attached hydrogen (secondary N) is 1. The van der Waals surface area contributed by atoms with Crippen molar-refractivity contribution in [3.05, 3.63) is 35.9 Å². The Morgan fingerprint density at radius 1 is 1.25 bits per heavy atom. The van der Waals surface area contributed by atoms with Gasteiger partial charge < -0.3 is 15.0 Å². The SMILES string of the molecule is COCCCCN1CCCNC(Cc2ccccc2)C1. The summed E-state index contributed by atoms with van der Waals surface area (Å²) in [6, 6.07) is 11.4. The summed E-state index contributed by atoms with van der Waals surface area (Å²) in [6.45, 7) is 5.63. The molecule has 3 heteroatoms. The van der Waals surface area contributed by atoms with Gasteiger partial charge in [0.25, 0.3) is 0 Å². The fourth-order valence-electron chi connectivity index (χ4n) is 2.90. The second-order valence-electron chi connectivity index (χ2n) is 5.69.